The van der Waals surface area contributed by atoms with Crippen LogP contribution in [-0.2, 0) is 0 Å². The number of amidine groups is 2. The molecule has 1 aliphatic rings. The summed E-state index contributed by atoms with van der Waals surface area (Å²) in [5.41, 5.74) is 9.20. The SMILES string of the molecule is c1ccc(-c2cccc3c2oc2cccc(C4=NC(c5ccccc5)NC(c5ccc(-c6ccc7ccc8ccccc8c7c6)cc5)=N4)c23)cc1. The van der Waals surface area contributed by atoms with Crippen LogP contribution in [0.2, 0.25) is 0 Å². The molecule has 240 valence electrons. The second-order valence-corrected chi connectivity index (χ2v) is 13.0. The Hall–Kier alpha value is -6.78. The lowest BCUT2D eigenvalue weighted by Gasteiger charge is -2.24. The zero-order valence-electron chi connectivity index (χ0n) is 27.6. The monoisotopic (exact) mass is 653 g/mol. The fraction of sp³-hybridized carbons (Fsp3) is 0.0213. The lowest BCUT2D eigenvalue weighted by atomic mass is 9.96. The smallest absolute Gasteiger partial charge is 0.160 e. The number of fused-ring (bicyclic) bond motifs is 6. The minimum absolute atomic E-state index is 0.310. The first-order chi connectivity index (χ1) is 25.3. The molecule has 4 nitrogen and oxygen atoms in total. The van der Waals surface area contributed by atoms with Crippen LogP contribution < -0.4 is 5.32 Å². The molecule has 51 heavy (non-hydrogen) atoms. The first-order valence-corrected chi connectivity index (χ1v) is 17.3. The summed E-state index contributed by atoms with van der Waals surface area (Å²) in [6, 6.07) is 61.6. The summed E-state index contributed by atoms with van der Waals surface area (Å²) in [4.78, 5) is 10.4. The van der Waals surface area contributed by atoms with E-state index in [1.54, 1.807) is 0 Å². The van der Waals surface area contributed by atoms with Gasteiger partial charge in [-0.2, -0.15) is 0 Å². The summed E-state index contributed by atoms with van der Waals surface area (Å²) < 4.78 is 6.58. The van der Waals surface area contributed by atoms with Crippen molar-refractivity contribution in [2.45, 2.75) is 6.17 Å². The first kappa shape index (κ1) is 29.2. The third-order valence-electron chi connectivity index (χ3n) is 9.94. The van der Waals surface area contributed by atoms with Gasteiger partial charge in [0.2, 0.25) is 0 Å². The summed E-state index contributed by atoms with van der Waals surface area (Å²) in [5.74, 6) is 1.45. The molecule has 8 aromatic carbocycles. The minimum atomic E-state index is -0.310. The number of rotatable bonds is 5. The summed E-state index contributed by atoms with van der Waals surface area (Å²) in [5, 5.41) is 10.7. The van der Waals surface area contributed by atoms with E-state index in [1.165, 1.54) is 27.1 Å². The van der Waals surface area contributed by atoms with Crippen molar-refractivity contribution in [2.24, 2.45) is 9.98 Å². The topological polar surface area (TPSA) is 49.9 Å². The number of para-hydroxylation sites is 1. The van der Waals surface area contributed by atoms with Crippen LogP contribution >= 0.6 is 0 Å². The van der Waals surface area contributed by atoms with Gasteiger partial charge in [-0.15, -0.1) is 0 Å². The zero-order valence-corrected chi connectivity index (χ0v) is 27.6. The van der Waals surface area contributed by atoms with E-state index in [9.17, 15) is 0 Å². The molecule has 0 spiro atoms. The van der Waals surface area contributed by atoms with Crippen LogP contribution in [0.5, 0.6) is 0 Å². The summed E-state index contributed by atoms with van der Waals surface area (Å²) in [6.07, 6.45) is -0.310. The highest BCUT2D eigenvalue weighted by molar-refractivity contribution is 6.23. The predicted molar refractivity (Wildman–Crippen MR) is 211 cm³/mol. The Bertz CT molecular complexity index is 2820. The zero-order chi connectivity index (χ0) is 33.7. The lowest BCUT2D eigenvalue weighted by Crippen LogP contribution is -2.33. The molecule has 0 amide bonds. The van der Waals surface area contributed by atoms with Crippen molar-refractivity contribution in [1.82, 2.24) is 5.32 Å². The number of hydrogen-bond donors (Lipinski definition) is 1. The third kappa shape index (κ3) is 5.08. The molecule has 1 unspecified atom stereocenters. The van der Waals surface area contributed by atoms with Gasteiger partial charge in [-0.1, -0.05) is 164 Å². The van der Waals surface area contributed by atoms with Crippen LogP contribution in [0.25, 0.3) is 65.7 Å². The number of nitrogens with zero attached hydrogens (tertiary/aromatic N) is 2. The second kappa shape index (κ2) is 12.0. The van der Waals surface area contributed by atoms with Crippen molar-refractivity contribution in [3.05, 3.63) is 193 Å². The van der Waals surface area contributed by atoms with Crippen molar-refractivity contribution in [3.63, 3.8) is 0 Å². The van der Waals surface area contributed by atoms with E-state index in [0.717, 1.165) is 61.2 Å². The van der Waals surface area contributed by atoms with Crippen LogP contribution in [0.1, 0.15) is 22.9 Å². The molecule has 0 saturated carbocycles. The Morgan fingerprint density at radius 3 is 1.96 bits per heavy atom. The van der Waals surface area contributed by atoms with Gasteiger partial charge in [0.25, 0.3) is 0 Å². The molecule has 1 atom stereocenters. The third-order valence-corrected chi connectivity index (χ3v) is 9.94. The molecular weight excluding hydrogens is 623 g/mol. The highest BCUT2D eigenvalue weighted by atomic mass is 16.3. The maximum absolute atomic E-state index is 6.58. The van der Waals surface area contributed by atoms with Gasteiger partial charge in [-0.3, -0.25) is 0 Å². The Balaban J connectivity index is 1.08. The second-order valence-electron chi connectivity index (χ2n) is 13.0. The van der Waals surface area contributed by atoms with E-state index in [0.29, 0.717) is 5.84 Å². The molecule has 10 rings (SSSR count). The van der Waals surface area contributed by atoms with Crippen molar-refractivity contribution in [2.75, 3.05) is 0 Å². The van der Waals surface area contributed by atoms with Crippen LogP contribution in [0.15, 0.2) is 190 Å². The van der Waals surface area contributed by atoms with Crippen molar-refractivity contribution in [3.8, 4) is 22.3 Å². The largest absolute Gasteiger partial charge is 0.455 e. The van der Waals surface area contributed by atoms with Gasteiger partial charge in [-0.05, 0) is 55.9 Å². The molecule has 0 radical (unpaired) electrons. The average Bonchev–Trinajstić information content (AvgIpc) is 3.60. The quantitative estimate of drug-likeness (QED) is 0.188. The van der Waals surface area contributed by atoms with Crippen LogP contribution in [0.4, 0.5) is 0 Å². The Morgan fingerprint density at radius 1 is 0.471 bits per heavy atom. The molecule has 0 bridgehead atoms. The molecule has 0 saturated heterocycles. The molecule has 1 aliphatic heterocycles. The fourth-order valence-corrected chi connectivity index (χ4v) is 7.40. The van der Waals surface area contributed by atoms with E-state index in [4.69, 9.17) is 14.4 Å². The van der Waals surface area contributed by atoms with Gasteiger partial charge in [-0.25, -0.2) is 9.98 Å². The highest BCUT2D eigenvalue weighted by Crippen LogP contribution is 2.38. The van der Waals surface area contributed by atoms with E-state index >= 15 is 0 Å². The lowest BCUT2D eigenvalue weighted by molar-refractivity contribution is 0.669. The molecule has 1 aromatic heterocycles. The van der Waals surface area contributed by atoms with E-state index in [1.807, 2.05) is 24.3 Å². The van der Waals surface area contributed by atoms with E-state index in [-0.39, 0.29) is 6.17 Å². The number of furan rings is 1. The van der Waals surface area contributed by atoms with Gasteiger partial charge < -0.3 is 9.73 Å². The van der Waals surface area contributed by atoms with Gasteiger partial charge in [0, 0.05) is 27.5 Å². The molecule has 9 aromatic rings. The minimum Gasteiger partial charge on any atom is -0.455 e. The maximum Gasteiger partial charge on any atom is 0.160 e. The molecular formula is C47H31N3O. The average molecular weight is 654 g/mol. The van der Waals surface area contributed by atoms with Crippen molar-refractivity contribution < 1.29 is 4.42 Å². The van der Waals surface area contributed by atoms with Gasteiger partial charge >= 0.3 is 0 Å². The van der Waals surface area contributed by atoms with Gasteiger partial charge in [0.15, 0.2) is 5.84 Å². The van der Waals surface area contributed by atoms with Crippen molar-refractivity contribution >= 4 is 55.2 Å². The fourth-order valence-electron chi connectivity index (χ4n) is 7.40. The predicted octanol–water partition coefficient (Wildman–Crippen LogP) is 11.7. The van der Waals surface area contributed by atoms with Crippen LogP contribution in [-0.4, -0.2) is 11.7 Å². The maximum atomic E-state index is 6.58. The number of hydrogen-bond acceptors (Lipinski definition) is 4. The molecule has 2 heterocycles. The highest BCUT2D eigenvalue weighted by Gasteiger charge is 2.24. The standard InChI is InChI=1S/C47H31N3O/c1-3-11-31(12-4-1)38-17-9-18-39-43-40(19-10-20-42(43)51-44(38)39)47-49-45(34-14-5-2-6-15-34)48-46(50-47)35-26-21-30(22-27-35)36-28-25-33-24-23-32-13-7-8-16-37(32)41(33)29-36/h1-29,45H,(H,48,49,50). The normalized spacial score (nSPS) is 14.5. The number of nitrogens with one attached hydrogen (secondary N) is 1. The molecule has 1 N–H and O–H groups in total. The first-order valence-electron chi connectivity index (χ1n) is 17.3. The van der Waals surface area contributed by atoms with E-state index in [2.05, 4.69) is 157 Å². The number of aliphatic imine (C=N–C) groups is 2. The van der Waals surface area contributed by atoms with Crippen LogP contribution in [0.3, 0.4) is 0 Å². The number of benzene rings is 8. The Morgan fingerprint density at radius 2 is 1.12 bits per heavy atom. The van der Waals surface area contributed by atoms with Gasteiger partial charge in [0.1, 0.15) is 23.2 Å². The summed E-state index contributed by atoms with van der Waals surface area (Å²) in [6.45, 7) is 0. The molecule has 0 aliphatic carbocycles. The summed E-state index contributed by atoms with van der Waals surface area (Å²) >= 11 is 0. The molecule has 0 fully saturated rings. The van der Waals surface area contributed by atoms with Crippen molar-refractivity contribution in [1.29, 1.82) is 0 Å². The Kier molecular flexibility index (Phi) is 6.85. The van der Waals surface area contributed by atoms with E-state index < -0.39 is 0 Å². The van der Waals surface area contributed by atoms with Crippen LogP contribution in [0, 0.1) is 0 Å². The molecule has 4 heteroatoms. The Labute approximate surface area is 295 Å². The summed E-state index contributed by atoms with van der Waals surface area (Å²) in [7, 11) is 0. The van der Waals surface area contributed by atoms with Gasteiger partial charge in [0.05, 0.1) is 0 Å².